The van der Waals surface area contributed by atoms with E-state index >= 15 is 0 Å². The van der Waals surface area contributed by atoms with Gasteiger partial charge in [-0.25, -0.2) is 8.78 Å². The van der Waals surface area contributed by atoms with Crippen LogP contribution in [-0.2, 0) is 6.54 Å². The molecule has 2 heterocycles. The molecule has 0 unspecified atom stereocenters. The highest BCUT2D eigenvalue weighted by atomic mass is 35.5. The fourth-order valence-electron chi connectivity index (χ4n) is 6.87. The van der Waals surface area contributed by atoms with Crippen molar-refractivity contribution in [2.24, 2.45) is 5.92 Å². The first kappa shape index (κ1) is 31.8. The molecule has 0 radical (unpaired) electrons. The van der Waals surface area contributed by atoms with Crippen LogP contribution in [0.2, 0.25) is 5.02 Å². The number of aryl methyl sites for hydroxylation is 2. The Morgan fingerprint density at radius 3 is 2.44 bits per heavy atom. The topological polar surface area (TPSA) is 77.7 Å². The molecule has 0 atom stereocenters. The van der Waals surface area contributed by atoms with Crippen molar-refractivity contribution in [2.45, 2.75) is 110 Å². The van der Waals surface area contributed by atoms with Crippen molar-refractivity contribution in [2.75, 3.05) is 24.5 Å². The van der Waals surface area contributed by atoms with Gasteiger partial charge in [-0.1, -0.05) is 18.5 Å². The maximum absolute atomic E-state index is 14.0. The maximum Gasteiger partial charge on any atom is 0.253 e. The van der Waals surface area contributed by atoms with Crippen LogP contribution in [0.25, 0.3) is 0 Å². The van der Waals surface area contributed by atoms with Crippen LogP contribution in [0.5, 0.6) is 5.75 Å². The van der Waals surface area contributed by atoms with Crippen LogP contribution in [0.4, 0.5) is 14.5 Å². The second-order valence-corrected chi connectivity index (χ2v) is 13.3. The summed E-state index contributed by atoms with van der Waals surface area (Å²) in [4.78, 5) is 33.5. The van der Waals surface area contributed by atoms with Gasteiger partial charge in [0, 0.05) is 68.2 Å². The number of nitrogens with zero attached hydrogens (tertiary/aromatic N) is 2. The van der Waals surface area contributed by atoms with Gasteiger partial charge in [-0.3, -0.25) is 9.59 Å². The summed E-state index contributed by atoms with van der Waals surface area (Å²) in [7, 11) is 0. The fourth-order valence-corrected chi connectivity index (χ4v) is 7.17. The van der Waals surface area contributed by atoms with Crippen molar-refractivity contribution >= 4 is 23.2 Å². The van der Waals surface area contributed by atoms with Crippen LogP contribution in [0, 0.1) is 19.8 Å². The summed E-state index contributed by atoms with van der Waals surface area (Å²) in [5.74, 6) is -1.74. The van der Waals surface area contributed by atoms with E-state index in [-0.39, 0.29) is 47.7 Å². The molecule has 3 fully saturated rings. The SMILES string of the molecule is CCN(c1cc(O[C@H]2C[C@H](N3CCC(C)CC3)C2)cc(C(=O)NCc2c(C)cc(C)[nH]c2=O)c1Cl)C1CCC(F)(F)CC1. The highest BCUT2D eigenvalue weighted by molar-refractivity contribution is 6.36. The number of ether oxygens (including phenoxy) is 1. The number of aromatic nitrogens is 1. The number of benzene rings is 1. The van der Waals surface area contributed by atoms with E-state index in [2.05, 4.69) is 22.1 Å². The highest BCUT2D eigenvalue weighted by Crippen LogP contribution is 2.42. The third-order valence-corrected chi connectivity index (χ3v) is 10.1. The molecule has 1 amide bonds. The maximum atomic E-state index is 14.0. The van der Waals surface area contributed by atoms with Crippen molar-refractivity contribution in [1.29, 1.82) is 0 Å². The number of pyridine rings is 1. The first-order valence-electron chi connectivity index (χ1n) is 15.8. The van der Waals surface area contributed by atoms with Gasteiger partial charge < -0.3 is 24.8 Å². The van der Waals surface area contributed by atoms with Crippen molar-refractivity contribution in [1.82, 2.24) is 15.2 Å². The van der Waals surface area contributed by atoms with Crippen LogP contribution in [-0.4, -0.2) is 59.5 Å². The molecule has 5 rings (SSSR count). The number of anilines is 1. The first-order chi connectivity index (χ1) is 20.4. The number of likely N-dealkylation sites (tertiary alicyclic amines) is 1. The molecule has 1 saturated heterocycles. The van der Waals surface area contributed by atoms with Crippen LogP contribution < -0.4 is 20.5 Å². The Labute approximate surface area is 258 Å². The molecule has 0 bridgehead atoms. The van der Waals surface area contributed by atoms with Gasteiger partial charge in [0.1, 0.15) is 11.9 Å². The van der Waals surface area contributed by atoms with Crippen molar-refractivity contribution in [3.63, 3.8) is 0 Å². The average molecular weight is 619 g/mol. The van der Waals surface area contributed by atoms with E-state index in [1.54, 1.807) is 6.07 Å². The molecule has 10 heteroatoms. The molecule has 2 N–H and O–H groups in total. The van der Waals surface area contributed by atoms with E-state index in [1.165, 1.54) is 12.8 Å². The molecule has 1 aromatic heterocycles. The van der Waals surface area contributed by atoms with E-state index in [1.807, 2.05) is 37.8 Å². The summed E-state index contributed by atoms with van der Waals surface area (Å²) in [6, 6.07) is 5.80. The number of piperidine rings is 1. The molecule has 2 aromatic rings. The third-order valence-electron chi connectivity index (χ3n) is 9.68. The predicted octanol–water partition coefficient (Wildman–Crippen LogP) is 6.62. The quantitative estimate of drug-likeness (QED) is 0.330. The van der Waals surface area contributed by atoms with Gasteiger partial charge >= 0.3 is 0 Å². The Balaban J connectivity index is 1.37. The second-order valence-electron chi connectivity index (χ2n) is 12.9. The van der Waals surface area contributed by atoms with E-state index in [9.17, 15) is 18.4 Å². The number of aromatic amines is 1. The van der Waals surface area contributed by atoms with Crippen molar-refractivity contribution in [3.8, 4) is 5.75 Å². The molecular formula is C33H45ClF2N4O3. The molecule has 1 aromatic carbocycles. The summed E-state index contributed by atoms with van der Waals surface area (Å²) < 4.78 is 34.4. The molecule has 0 spiro atoms. The van der Waals surface area contributed by atoms with Gasteiger partial charge in [0.05, 0.1) is 16.3 Å². The summed E-state index contributed by atoms with van der Waals surface area (Å²) >= 11 is 6.93. The minimum Gasteiger partial charge on any atom is -0.490 e. The molecule has 43 heavy (non-hydrogen) atoms. The molecule has 7 nitrogen and oxygen atoms in total. The average Bonchev–Trinajstić information content (AvgIpc) is 2.93. The Kier molecular flexibility index (Phi) is 9.71. The number of halogens is 3. The van der Waals surface area contributed by atoms with Gasteiger partial charge in [-0.05, 0) is 83.2 Å². The Bertz CT molecular complexity index is 1360. The number of H-pyrrole nitrogens is 1. The van der Waals surface area contributed by atoms with Gasteiger partial charge in [0.15, 0.2) is 0 Å². The Morgan fingerprint density at radius 2 is 1.81 bits per heavy atom. The first-order valence-corrected chi connectivity index (χ1v) is 16.2. The van der Waals surface area contributed by atoms with E-state index < -0.39 is 11.8 Å². The molecule has 236 valence electrons. The van der Waals surface area contributed by atoms with E-state index in [0.717, 1.165) is 43.1 Å². The smallest absolute Gasteiger partial charge is 0.253 e. The Hall–Kier alpha value is -2.65. The van der Waals surface area contributed by atoms with E-state index in [4.69, 9.17) is 16.3 Å². The minimum atomic E-state index is -2.64. The van der Waals surface area contributed by atoms with Crippen molar-refractivity contribution < 1.29 is 18.3 Å². The zero-order chi connectivity index (χ0) is 30.9. The zero-order valence-corrected chi connectivity index (χ0v) is 26.5. The fraction of sp³-hybridized carbons (Fsp3) is 0.636. The molecule has 3 aliphatic rings. The summed E-state index contributed by atoms with van der Waals surface area (Å²) in [5.41, 5.74) is 2.65. The number of nitrogens with one attached hydrogen (secondary N) is 2. The van der Waals surface area contributed by atoms with E-state index in [0.29, 0.717) is 42.4 Å². The van der Waals surface area contributed by atoms with Crippen LogP contribution >= 0.6 is 11.6 Å². The van der Waals surface area contributed by atoms with Crippen LogP contribution in [0.15, 0.2) is 23.0 Å². The largest absolute Gasteiger partial charge is 0.490 e. The predicted molar refractivity (Wildman–Crippen MR) is 167 cm³/mol. The normalized spacial score (nSPS) is 23.0. The van der Waals surface area contributed by atoms with Gasteiger partial charge in [0.25, 0.3) is 11.5 Å². The lowest BCUT2D eigenvalue weighted by Gasteiger charge is -2.45. The van der Waals surface area contributed by atoms with Crippen LogP contribution in [0.1, 0.15) is 92.4 Å². The molecule has 2 saturated carbocycles. The zero-order valence-electron chi connectivity index (χ0n) is 25.8. The minimum absolute atomic E-state index is 0.0338. The molecule has 2 aliphatic carbocycles. The van der Waals surface area contributed by atoms with Gasteiger partial charge in [0.2, 0.25) is 5.92 Å². The number of amides is 1. The lowest BCUT2D eigenvalue weighted by molar-refractivity contribution is -0.0380. The lowest BCUT2D eigenvalue weighted by Crippen LogP contribution is -2.51. The number of rotatable bonds is 9. The number of carbonyl (C=O) groups excluding carboxylic acids is 1. The summed E-state index contributed by atoms with van der Waals surface area (Å²) in [6.45, 7) is 10.8. The highest BCUT2D eigenvalue weighted by Gasteiger charge is 2.39. The second kappa shape index (κ2) is 13.1. The van der Waals surface area contributed by atoms with Crippen molar-refractivity contribution in [3.05, 3.63) is 56.0 Å². The molecule has 1 aliphatic heterocycles. The van der Waals surface area contributed by atoms with Gasteiger partial charge in [-0.15, -0.1) is 0 Å². The third kappa shape index (κ3) is 7.36. The van der Waals surface area contributed by atoms with Crippen LogP contribution in [0.3, 0.4) is 0 Å². The number of alkyl halides is 2. The number of carbonyl (C=O) groups is 1. The summed E-state index contributed by atoms with van der Waals surface area (Å²) in [6.07, 6.45) is 4.71. The standard InChI is InChI=1S/C33H45ClF2N4O3/c1-5-40(23-6-10-33(35,36)11-7-23)29-18-26(43-25-15-24(16-25)39-12-8-20(2)9-13-39)17-27(30(29)34)31(41)37-19-28-21(3)14-22(4)38-32(28)42/h14,17-18,20,23-25H,5-13,15-16,19H2,1-4H3,(H,37,41)(H,38,42)/t24-,25-. The number of hydrogen-bond acceptors (Lipinski definition) is 5. The molecular weight excluding hydrogens is 574 g/mol. The van der Waals surface area contributed by atoms with Gasteiger partial charge in [-0.2, -0.15) is 0 Å². The Morgan fingerprint density at radius 1 is 1.14 bits per heavy atom. The lowest BCUT2D eigenvalue weighted by atomic mass is 9.85. The monoisotopic (exact) mass is 618 g/mol. The number of hydrogen-bond donors (Lipinski definition) is 2. The summed E-state index contributed by atoms with van der Waals surface area (Å²) in [5, 5.41) is 3.13.